The molecule has 4 nitrogen and oxygen atoms in total. The van der Waals surface area contributed by atoms with Crippen LogP contribution in [0.15, 0.2) is 29.4 Å². The maximum atomic E-state index is 13.3. The van der Waals surface area contributed by atoms with Gasteiger partial charge in [0.25, 0.3) is 11.9 Å². The molecule has 0 saturated carbocycles. The van der Waals surface area contributed by atoms with Crippen LogP contribution in [0.5, 0.6) is 0 Å². The largest absolute Gasteiger partial charge is 0.594 e. The molecule has 0 amide bonds. The zero-order chi connectivity index (χ0) is 14.9. The summed E-state index contributed by atoms with van der Waals surface area (Å²) in [6.45, 7) is 1.57. The lowest BCUT2D eigenvalue weighted by Crippen LogP contribution is -2.01. The number of azo groups is 1. The molecule has 0 saturated heterocycles. The maximum Gasteiger partial charge on any atom is 0.254 e. The first kappa shape index (κ1) is 13.9. The summed E-state index contributed by atoms with van der Waals surface area (Å²) in [5.74, 6) is -7.42. The predicted molar refractivity (Wildman–Crippen MR) is 60.6 cm³/mol. The Labute approximate surface area is 110 Å². The number of rotatable bonds is 2. The quantitative estimate of drug-likeness (QED) is 0.276. The Morgan fingerprint density at radius 2 is 1.60 bits per heavy atom. The summed E-state index contributed by atoms with van der Waals surface area (Å²) in [6.07, 6.45) is 0. The summed E-state index contributed by atoms with van der Waals surface area (Å²) in [4.78, 5) is 2.25. The van der Waals surface area contributed by atoms with Crippen molar-refractivity contribution in [1.82, 2.24) is 4.98 Å². The second kappa shape index (κ2) is 5.24. The Morgan fingerprint density at radius 1 is 1.05 bits per heavy atom. The number of hydrogen-bond donors (Lipinski definition) is 0. The Balaban J connectivity index is 2.59. The van der Waals surface area contributed by atoms with E-state index in [0.717, 1.165) is 0 Å². The number of halogens is 4. The first-order valence-corrected chi connectivity index (χ1v) is 5.36. The minimum Gasteiger partial charge on any atom is -0.594 e. The molecule has 8 heteroatoms. The molecule has 20 heavy (non-hydrogen) atoms. The lowest BCUT2D eigenvalue weighted by Gasteiger charge is -2.04. The van der Waals surface area contributed by atoms with Gasteiger partial charge in [0.1, 0.15) is 0 Å². The van der Waals surface area contributed by atoms with Gasteiger partial charge in [-0.05, 0) is 11.8 Å². The number of nitrogens with zero attached hydrogens (tertiary/aromatic N) is 3. The summed E-state index contributed by atoms with van der Waals surface area (Å²) in [5, 5.41) is 14.7. The van der Waals surface area contributed by atoms with Crippen LogP contribution in [-0.2, 0) is 0 Å². The Kier molecular flexibility index (Phi) is 3.64. The fourth-order valence-electron chi connectivity index (χ4n) is 1.49. The average Bonchev–Trinajstić information content (AvgIpc) is 2.41. The van der Waals surface area contributed by atoms with E-state index in [1.54, 1.807) is 19.1 Å². The third-order valence-corrected chi connectivity index (χ3v) is 2.49. The molecule has 0 aliphatic heterocycles. The van der Waals surface area contributed by atoms with Crippen LogP contribution in [0.3, 0.4) is 0 Å². The van der Waals surface area contributed by atoms with Crippen LogP contribution in [0.1, 0.15) is 5.56 Å². The molecular weight excluding hydrogens is 278 g/mol. The topological polar surface area (TPSA) is 51.3 Å². The molecule has 0 spiro atoms. The van der Waals surface area contributed by atoms with E-state index in [4.69, 9.17) is 0 Å². The van der Waals surface area contributed by atoms with Crippen LogP contribution in [-0.4, -0.2) is 9.84 Å². The van der Waals surface area contributed by atoms with Crippen LogP contribution in [0.25, 0.3) is 0 Å². The molecule has 0 fully saturated rings. The summed E-state index contributed by atoms with van der Waals surface area (Å²) in [5.41, 5.74) is -0.903. The van der Waals surface area contributed by atoms with Gasteiger partial charge in [-0.1, -0.05) is 18.2 Å². The Hall–Kier alpha value is -2.51. The van der Waals surface area contributed by atoms with Gasteiger partial charge in [0, 0.05) is 16.7 Å². The van der Waals surface area contributed by atoms with Crippen LogP contribution in [0, 0.1) is 35.7 Å². The monoisotopic (exact) mass is 285 g/mol. The highest BCUT2D eigenvalue weighted by atomic mass is 19.2. The van der Waals surface area contributed by atoms with E-state index in [0.29, 0.717) is 5.56 Å². The van der Waals surface area contributed by atoms with E-state index in [9.17, 15) is 22.8 Å². The van der Waals surface area contributed by atoms with Crippen molar-refractivity contribution < 1.29 is 22.4 Å². The number of para-hydroxylation sites is 1. The molecule has 1 aromatic carbocycles. The minimum absolute atomic E-state index is 0.0103. The van der Waals surface area contributed by atoms with Crippen molar-refractivity contribution >= 4 is 11.4 Å². The number of aromatic nitrogens is 1. The van der Waals surface area contributed by atoms with E-state index in [-0.39, 0.29) is 10.5 Å². The van der Waals surface area contributed by atoms with Gasteiger partial charge in [0.05, 0.1) is 0 Å². The van der Waals surface area contributed by atoms with Gasteiger partial charge >= 0.3 is 0 Å². The highest BCUT2D eigenvalue weighted by Crippen LogP contribution is 2.27. The van der Waals surface area contributed by atoms with Crippen molar-refractivity contribution in [3.05, 3.63) is 58.6 Å². The van der Waals surface area contributed by atoms with Crippen LogP contribution in [0.4, 0.5) is 28.9 Å². The lowest BCUT2D eigenvalue weighted by atomic mass is 10.2. The molecule has 104 valence electrons. The van der Waals surface area contributed by atoms with E-state index in [1.165, 1.54) is 12.1 Å². The third-order valence-electron chi connectivity index (χ3n) is 2.49. The Morgan fingerprint density at radius 3 is 2.15 bits per heavy atom. The van der Waals surface area contributed by atoms with Crippen LogP contribution >= 0.6 is 0 Å². The van der Waals surface area contributed by atoms with Crippen molar-refractivity contribution in [2.75, 3.05) is 0 Å². The van der Waals surface area contributed by atoms with E-state index >= 15 is 0 Å². The number of aryl methyl sites for hydroxylation is 1. The average molecular weight is 285 g/mol. The summed E-state index contributed by atoms with van der Waals surface area (Å²) >= 11 is 0. The smallest absolute Gasteiger partial charge is 0.254 e. The van der Waals surface area contributed by atoms with E-state index < -0.39 is 29.2 Å². The molecule has 0 N–H and O–H groups in total. The standard InChI is InChI=1S/C12H7F4N3O/c1-6-4-2-3-5-7(6)19(20)18-10-8(13)11(15)17-12(16)9(10)14/h2-5H,1H3. The van der Waals surface area contributed by atoms with Crippen LogP contribution in [0.2, 0.25) is 0 Å². The van der Waals surface area contributed by atoms with Gasteiger partial charge in [-0.2, -0.15) is 22.5 Å². The molecule has 1 heterocycles. The van der Waals surface area contributed by atoms with E-state index in [2.05, 4.69) is 10.1 Å². The molecule has 0 aliphatic rings. The van der Waals surface area contributed by atoms with Crippen molar-refractivity contribution in [2.45, 2.75) is 6.92 Å². The van der Waals surface area contributed by atoms with Crippen LogP contribution < -0.4 is 0 Å². The summed E-state index contributed by atoms with van der Waals surface area (Å²) in [7, 11) is 0. The summed E-state index contributed by atoms with van der Waals surface area (Å²) < 4.78 is 52.4. The van der Waals surface area contributed by atoms with Gasteiger partial charge < -0.3 is 5.21 Å². The maximum absolute atomic E-state index is 13.3. The predicted octanol–water partition coefficient (Wildman–Crippen LogP) is 3.87. The molecule has 0 bridgehead atoms. The van der Waals surface area contributed by atoms with Crippen molar-refractivity contribution in [2.24, 2.45) is 5.11 Å². The molecular formula is C12H7F4N3O. The molecule has 0 aliphatic carbocycles. The van der Waals surface area contributed by atoms with Crippen molar-refractivity contribution in [1.29, 1.82) is 0 Å². The third kappa shape index (κ3) is 2.44. The number of pyridine rings is 1. The fourth-order valence-corrected chi connectivity index (χ4v) is 1.49. The fraction of sp³-hybridized carbons (Fsp3) is 0.0833. The summed E-state index contributed by atoms with van der Waals surface area (Å²) in [6, 6.07) is 6.05. The first-order valence-electron chi connectivity index (χ1n) is 5.36. The first-order chi connectivity index (χ1) is 9.41. The van der Waals surface area contributed by atoms with Gasteiger partial charge in [0.2, 0.25) is 23.0 Å². The van der Waals surface area contributed by atoms with E-state index in [1.807, 2.05) is 0 Å². The van der Waals surface area contributed by atoms with Gasteiger partial charge in [-0.25, -0.2) is 0 Å². The highest BCUT2D eigenvalue weighted by Gasteiger charge is 2.23. The van der Waals surface area contributed by atoms with Crippen molar-refractivity contribution in [3.8, 4) is 0 Å². The number of hydrogen-bond acceptors (Lipinski definition) is 3. The zero-order valence-electron chi connectivity index (χ0n) is 10.1. The highest BCUT2D eigenvalue weighted by molar-refractivity contribution is 5.40. The normalized spacial score (nSPS) is 11.8. The van der Waals surface area contributed by atoms with Gasteiger partial charge in [-0.15, -0.1) is 0 Å². The Bertz CT molecular complexity index is 677. The second-order valence-electron chi connectivity index (χ2n) is 3.83. The minimum atomic E-state index is -1.87. The van der Waals surface area contributed by atoms with Gasteiger partial charge in [-0.3, -0.25) is 0 Å². The SMILES string of the molecule is Cc1ccccc1[N+]([O-])=Nc1c(F)c(F)nc(F)c1F. The molecule has 0 unspecified atom stereocenters. The second-order valence-corrected chi connectivity index (χ2v) is 3.83. The molecule has 2 aromatic rings. The van der Waals surface area contributed by atoms with Crippen molar-refractivity contribution in [3.63, 3.8) is 0 Å². The molecule has 0 radical (unpaired) electrons. The lowest BCUT2D eigenvalue weighted by molar-refractivity contribution is -0.436. The zero-order valence-corrected chi connectivity index (χ0v) is 10.1. The molecule has 1 aromatic heterocycles. The molecule has 0 atom stereocenters. The van der Waals surface area contributed by atoms with Gasteiger partial charge in [0.15, 0.2) is 0 Å². The number of benzene rings is 1. The molecule has 2 rings (SSSR count).